The number of hydrogen-bond acceptors (Lipinski definition) is 5. The highest BCUT2D eigenvalue weighted by molar-refractivity contribution is 6.30. The van der Waals surface area contributed by atoms with Crippen LogP contribution in [0, 0.1) is 28.4 Å². The van der Waals surface area contributed by atoms with Crippen molar-refractivity contribution in [3.05, 3.63) is 69.2 Å². The van der Waals surface area contributed by atoms with E-state index in [0.717, 1.165) is 12.1 Å². The number of benzene rings is 2. The Labute approximate surface area is 225 Å². The monoisotopic (exact) mass is 553 g/mol. The van der Waals surface area contributed by atoms with Crippen LogP contribution in [0.2, 0.25) is 10.0 Å². The number of nitrogens with zero attached hydrogens (tertiary/aromatic N) is 1. The number of aliphatic hydroxyl groups is 2. The second-order valence-corrected chi connectivity index (χ2v) is 11.5. The number of carbonyl (C=O) groups is 1. The lowest BCUT2D eigenvalue weighted by Crippen LogP contribution is -2.46. The van der Waals surface area contributed by atoms with Crippen molar-refractivity contribution in [2.45, 2.75) is 63.1 Å². The third-order valence-electron chi connectivity index (χ3n) is 6.65. The van der Waals surface area contributed by atoms with Crippen molar-refractivity contribution in [1.29, 1.82) is 5.26 Å². The molecule has 2 aromatic rings. The second kappa shape index (κ2) is 11.6. The number of nitrogens with one attached hydrogen (secondary N) is 2. The van der Waals surface area contributed by atoms with Crippen LogP contribution in [0.3, 0.4) is 0 Å². The van der Waals surface area contributed by atoms with Crippen LogP contribution in [0.4, 0.5) is 8.78 Å². The molecule has 1 saturated heterocycles. The van der Waals surface area contributed by atoms with Crippen LogP contribution in [0.5, 0.6) is 0 Å². The molecule has 1 aliphatic rings. The molecule has 5 atom stereocenters. The number of nitriles is 1. The molecule has 4 N–H and O–H groups in total. The Kier molecular flexibility index (Phi) is 9.20. The molecule has 5 unspecified atom stereocenters. The molecule has 10 heteroatoms. The van der Waals surface area contributed by atoms with E-state index in [1.807, 2.05) is 20.8 Å². The van der Waals surface area contributed by atoms with Crippen molar-refractivity contribution in [2.75, 3.05) is 13.2 Å². The fourth-order valence-corrected chi connectivity index (χ4v) is 5.53. The maximum atomic E-state index is 15.5. The van der Waals surface area contributed by atoms with E-state index in [-0.39, 0.29) is 39.6 Å². The number of halogens is 4. The highest BCUT2D eigenvalue weighted by Crippen LogP contribution is 2.52. The molecule has 0 bridgehead atoms. The van der Waals surface area contributed by atoms with Crippen LogP contribution in [-0.4, -0.2) is 47.5 Å². The van der Waals surface area contributed by atoms with Gasteiger partial charge >= 0.3 is 0 Å². The Bertz CT molecular complexity index is 1160. The summed E-state index contributed by atoms with van der Waals surface area (Å²) in [7, 11) is 0. The molecule has 0 saturated carbocycles. The number of aliphatic hydroxyl groups excluding tert-OH is 2. The number of amides is 1. The van der Waals surface area contributed by atoms with Crippen molar-refractivity contribution in [1.82, 2.24) is 10.6 Å². The van der Waals surface area contributed by atoms with Gasteiger partial charge in [-0.3, -0.25) is 4.79 Å². The SMILES string of the molecule is CC(C)(C)CC1NC(C(=O)NCCC(O)CO)C(c2cc(F)cc(Cl)c2)C1(C#N)c1ccc(Cl)cc1F. The summed E-state index contributed by atoms with van der Waals surface area (Å²) in [4.78, 5) is 13.5. The second-order valence-electron chi connectivity index (χ2n) is 10.7. The van der Waals surface area contributed by atoms with E-state index in [1.165, 1.54) is 24.3 Å². The van der Waals surface area contributed by atoms with E-state index in [4.69, 9.17) is 28.3 Å². The Morgan fingerprint density at radius 1 is 1.22 bits per heavy atom. The molecule has 1 aliphatic heterocycles. The van der Waals surface area contributed by atoms with E-state index in [1.54, 1.807) is 0 Å². The maximum Gasteiger partial charge on any atom is 0.237 e. The molecule has 0 aromatic heterocycles. The molecular formula is C27H31Cl2F2N3O3. The molecule has 0 aliphatic carbocycles. The summed E-state index contributed by atoms with van der Waals surface area (Å²) < 4.78 is 30.1. The van der Waals surface area contributed by atoms with Gasteiger partial charge in [0.2, 0.25) is 5.91 Å². The number of rotatable bonds is 8. The van der Waals surface area contributed by atoms with Gasteiger partial charge in [-0.1, -0.05) is 50.0 Å². The summed E-state index contributed by atoms with van der Waals surface area (Å²) in [6, 6.07) is 8.37. The quantitative estimate of drug-likeness (QED) is 0.386. The third-order valence-corrected chi connectivity index (χ3v) is 7.10. The van der Waals surface area contributed by atoms with Crippen molar-refractivity contribution < 1.29 is 23.8 Å². The Morgan fingerprint density at radius 2 is 1.92 bits per heavy atom. The lowest BCUT2D eigenvalue weighted by molar-refractivity contribution is -0.123. The molecule has 200 valence electrons. The van der Waals surface area contributed by atoms with Gasteiger partial charge in [-0.15, -0.1) is 0 Å². The topological polar surface area (TPSA) is 105 Å². The first-order valence-electron chi connectivity index (χ1n) is 12.0. The first kappa shape index (κ1) is 29.3. The zero-order valence-corrected chi connectivity index (χ0v) is 22.4. The van der Waals surface area contributed by atoms with Crippen LogP contribution in [-0.2, 0) is 10.2 Å². The highest BCUT2D eigenvalue weighted by Gasteiger charge is 2.60. The van der Waals surface area contributed by atoms with E-state index in [9.17, 15) is 19.6 Å². The lowest BCUT2D eigenvalue weighted by Gasteiger charge is -2.37. The van der Waals surface area contributed by atoms with Crippen LogP contribution in [0.25, 0.3) is 0 Å². The standard InChI is InChI=1S/C27H31Cl2F2N3O3/c1-26(2,3)12-22-27(14-32,20-5-4-16(28)11-21(20)31)23(15-8-17(29)10-18(30)9-15)24(34-22)25(37)33-7-6-19(36)13-35/h4-5,8-11,19,22-24,34-36H,6-7,12-13H2,1-3H3,(H,33,37). The summed E-state index contributed by atoms with van der Waals surface area (Å²) in [6.07, 6.45) is -0.522. The predicted molar refractivity (Wildman–Crippen MR) is 138 cm³/mol. The minimum absolute atomic E-state index is 0.0394. The van der Waals surface area contributed by atoms with Gasteiger partial charge in [0.15, 0.2) is 0 Å². The molecule has 6 nitrogen and oxygen atoms in total. The maximum absolute atomic E-state index is 15.5. The minimum atomic E-state index is -1.63. The van der Waals surface area contributed by atoms with Crippen molar-refractivity contribution >= 4 is 29.1 Å². The zero-order chi connectivity index (χ0) is 27.5. The Morgan fingerprint density at radius 3 is 2.49 bits per heavy atom. The predicted octanol–water partition coefficient (Wildman–Crippen LogP) is 4.45. The minimum Gasteiger partial charge on any atom is -0.394 e. The molecular weight excluding hydrogens is 523 g/mol. The van der Waals surface area contributed by atoms with Gasteiger partial charge in [-0.25, -0.2) is 8.78 Å². The van der Waals surface area contributed by atoms with Gasteiger partial charge in [0.1, 0.15) is 17.0 Å². The van der Waals surface area contributed by atoms with Gasteiger partial charge in [0, 0.05) is 34.1 Å². The van der Waals surface area contributed by atoms with Gasteiger partial charge in [0.05, 0.1) is 24.8 Å². The molecule has 1 fully saturated rings. The Balaban J connectivity index is 2.22. The van der Waals surface area contributed by atoms with Gasteiger partial charge in [-0.05, 0) is 54.2 Å². The third kappa shape index (κ3) is 6.42. The fraction of sp³-hybridized carbons (Fsp3) is 0.481. The normalized spacial score (nSPS) is 24.5. The molecule has 3 rings (SSSR count). The first-order valence-corrected chi connectivity index (χ1v) is 12.7. The summed E-state index contributed by atoms with van der Waals surface area (Å²) in [5, 5.41) is 35.7. The van der Waals surface area contributed by atoms with Gasteiger partial charge < -0.3 is 20.8 Å². The lowest BCUT2D eigenvalue weighted by atomic mass is 9.62. The van der Waals surface area contributed by atoms with Gasteiger partial charge in [0.25, 0.3) is 0 Å². The summed E-state index contributed by atoms with van der Waals surface area (Å²) in [5.41, 5.74) is -1.66. The highest BCUT2D eigenvalue weighted by atomic mass is 35.5. The van der Waals surface area contributed by atoms with Crippen molar-refractivity contribution in [3.8, 4) is 6.07 Å². The molecule has 2 aromatic carbocycles. The Hall–Kier alpha value is -2.28. The average molecular weight is 554 g/mol. The largest absolute Gasteiger partial charge is 0.394 e. The van der Waals surface area contributed by atoms with E-state index >= 15 is 4.39 Å². The average Bonchev–Trinajstić information content (AvgIpc) is 3.11. The molecule has 0 radical (unpaired) electrons. The van der Waals surface area contributed by atoms with Crippen LogP contribution in [0.1, 0.15) is 50.7 Å². The van der Waals surface area contributed by atoms with Crippen molar-refractivity contribution in [3.63, 3.8) is 0 Å². The van der Waals surface area contributed by atoms with Crippen LogP contribution < -0.4 is 10.6 Å². The molecule has 1 heterocycles. The summed E-state index contributed by atoms with van der Waals surface area (Å²) >= 11 is 12.2. The summed E-state index contributed by atoms with van der Waals surface area (Å²) in [5.74, 6) is -2.91. The smallest absolute Gasteiger partial charge is 0.237 e. The molecule has 37 heavy (non-hydrogen) atoms. The van der Waals surface area contributed by atoms with Crippen LogP contribution in [0.15, 0.2) is 36.4 Å². The molecule has 0 spiro atoms. The number of carbonyl (C=O) groups excluding carboxylic acids is 1. The van der Waals surface area contributed by atoms with Crippen molar-refractivity contribution in [2.24, 2.45) is 5.41 Å². The van der Waals surface area contributed by atoms with E-state index in [0.29, 0.717) is 6.42 Å². The summed E-state index contributed by atoms with van der Waals surface area (Å²) in [6.45, 7) is 5.49. The fourth-order valence-electron chi connectivity index (χ4n) is 5.14. The van der Waals surface area contributed by atoms with Crippen LogP contribution >= 0.6 is 23.2 Å². The van der Waals surface area contributed by atoms with E-state index in [2.05, 4.69) is 16.7 Å². The van der Waals surface area contributed by atoms with E-state index < -0.39 is 53.7 Å². The molecule has 1 amide bonds. The zero-order valence-electron chi connectivity index (χ0n) is 20.9. The number of hydrogen-bond donors (Lipinski definition) is 4. The first-order chi connectivity index (χ1) is 17.3. The van der Waals surface area contributed by atoms with Gasteiger partial charge in [-0.2, -0.15) is 5.26 Å².